The van der Waals surface area contributed by atoms with Crippen LogP contribution in [0, 0.1) is 0 Å². The Labute approximate surface area is 245 Å². The van der Waals surface area contributed by atoms with Gasteiger partial charge in [0.15, 0.2) is 11.5 Å². The highest BCUT2D eigenvalue weighted by Crippen LogP contribution is 2.24. The van der Waals surface area contributed by atoms with Gasteiger partial charge in [-0.15, -0.1) is 10.2 Å². The van der Waals surface area contributed by atoms with Crippen molar-refractivity contribution < 1.29 is 26.4 Å². The lowest BCUT2D eigenvalue weighted by Gasteiger charge is -2.16. The number of nitrogens with one attached hydrogen (secondary N) is 5. The average Bonchev–Trinajstić information content (AvgIpc) is 3.54. The zero-order valence-corrected chi connectivity index (χ0v) is 25.4. The van der Waals surface area contributed by atoms with Crippen molar-refractivity contribution in [2.75, 3.05) is 18.8 Å². The molecule has 42 heavy (non-hydrogen) atoms. The molecule has 4 aromatic rings. The van der Waals surface area contributed by atoms with E-state index in [-0.39, 0.29) is 32.9 Å². The fourth-order valence-electron chi connectivity index (χ4n) is 3.87. The van der Waals surface area contributed by atoms with Crippen LogP contribution >= 0.6 is 0 Å². The van der Waals surface area contributed by atoms with E-state index in [9.17, 15) is 22.2 Å². The van der Waals surface area contributed by atoms with Crippen LogP contribution in [0.2, 0.25) is 0 Å². The van der Waals surface area contributed by atoms with Crippen LogP contribution in [0.5, 0.6) is 5.75 Å². The van der Waals surface area contributed by atoms with Crippen molar-refractivity contribution in [2.24, 2.45) is 0 Å². The first-order chi connectivity index (χ1) is 19.7. The number of aromatic amines is 1. The molecule has 0 saturated heterocycles. The molecule has 5 N–H and O–H groups in total. The van der Waals surface area contributed by atoms with E-state index in [0.29, 0.717) is 11.5 Å². The van der Waals surface area contributed by atoms with Crippen LogP contribution in [-0.2, 0) is 26.7 Å². The van der Waals surface area contributed by atoms with Gasteiger partial charge in [0, 0.05) is 48.1 Å². The summed E-state index contributed by atoms with van der Waals surface area (Å²) in [6, 6.07) is 10.8. The largest absolute Gasteiger partial charge is 0.389 e. The number of carbonyl (C=O) groups is 2. The van der Waals surface area contributed by atoms with Gasteiger partial charge in [0.1, 0.15) is 5.75 Å². The predicted octanol–water partition coefficient (Wildman–Crippen LogP) is 2.18. The van der Waals surface area contributed by atoms with E-state index in [0.717, 1.165) is 5.69 Å². The molecule has 224 valence electrons. The van der Waals surface area contributed by atoms with Gasteiger partial charge >= 0.3 is 0 Å². The second-order valence-electron chi connectivity index (χ2n) is 10.4. The van der Waals surface area contributed by atoms with Crippen molar-refractivity contribution in [1.29, 1.82) is 0 Å². The Kier molecular flexibility index (Phi) is 8.70. The Morgan fingerprint density at radius 3 is 2.12 bits per heavy atom. The summed E-state index contributed by atoms with van der Waals surface area (Å²) in [5.74, 6) is -0.376. The Balaban J connectivity index is 1.44. The van der Waals surface area contributed by atoms with Crippen LogP contribution in [0.15, 0.2) is 53.4 Å². The number of fused-ring (bicyclic) bond motifs is 1. The number of H-pyrrole nitrogens is 1. The minimum absolute atomic E-state index is 0.00435. The lowest BCUT2D eigenvalue weighted by molar-refractivity contribution is 0.0962. The van der Waals surface area contributed by atoms with E-state index in [1.165, 1.54) is 56.6 Å². The van der Waals surface area contributed by atoms with Crippen LogP contribution in [0.4, 0.5) is 5.69 Å². The predicted molar refractivity (Wildman–Crippen MR) is 157 cm³/mol. The highest BCUT2D eigenvalue weighted by molar-refractivity contribution is 7.92. The number of anilines is 1. The summed E-state index contributed by atoms with van der Waals surface area (Å²) in [6.07, 6.45) is 0. The summed E-state index contributed by atoms with van der Waals surface area (Å²) >= 11 is -1.97. The third-order valence-electron chi connectivity index (χ3n) is 6.16. The van der Waals surface area contributed by atoms with Gasteiger partial charge in [-0.1, -0.05) is 20.8 Å². The molecule has 2 amide bonds. The van der Waals surface area contributed by atoms with E-state index in [2.05, 4.69) is 56.1 Å². The van der Waals surface area contributed by atoms with Gasteiger partial charge in [-0.25, -0.2) is 12.9 Å². The van der Waals surface area contributed by atoms with Crippen molar-refractivity contribution in [3.63, 3.8) is 0 Å². The van der Waals surface area contributed by atoms with Crippen molar-refractivity contribution in [1.82, 2.24) is 35.2 Å². The summed E-state index contributed by atoms with van der Waals surface area (Å²) in [6.45, 7) is 7.97. The Bertz CT molecular complexity index is 1720. The second kappa shape index (κ2) is 11.9. The summed E-state index contributed by atoms with van der Waals surface area (Å²) in [5.41, 5.74) is 1.67. The van der Waals surface area contributed by atoms with Crippen molar-refractivity contribution in [2.45, 2.75) is 44.0 Å². The SMILES string of the molecule is CNC(=O)c1cc(C(=O)NC)cc(S(=O)(=O)Nc2ccc(OS(=O)NC(C)c3nnc4cc(C(C)(C)C)[nH]n34)cc2)c1. The second-order valence-corrected chi connectivity index (χ2v) is 12.9. The number of carbonyl (C=O) groups excluding carboxylic acids is 2. The molecule has 0 bridgehead atoms. The normalized spacial score (nSPS) is 13.4. The first-order valence-corrected chi connectivity index (χ1v) is 15.3. The molecule has 0 spiro atoms. The Morgan fingerprint density at radius 1 is 0.976 bits per heavy atom. The van der Waals surface area contributed by atoms with Gasteiger partial charge in [-0.05, 0) is 49.4 Å². The smallest absolute Gasteiger partial charge is 0.288 e. The highest BCUT2D eigenvalue weighted by atomic mass is 32.2. The third-order valence-corrected chi connectivity index (χ3v) is 8.41. The Morgan fingerprint density at radius 2 is 1.57 bits per heavy atom. The van der Waals surface area contributed by atoms with Gasteiger partial charge in [0.25, 0.3) is 33.1 Å². The third kappa shape index (κ3) is 6.78. The summed E-state index contributed by atoms with van der Waals surface area (Å²) in [4.78, 5) is 24.0. The number of aromatic nitrogens is 4. The maximum Gasteiger partial charge on any atom is 0.288 e. The van der Waals surface area contributed by atoms with Crippen molar-refractivity contribution in [3.05, 3.63) is 71.2 Å². The Hall–Kier alpha value is -4.28. The molecule has 2 aromatic carbocycles. The molecule has 16 heteroatoms. The standard InChI is InChI=1S/C26H32N8O6S2/c1-15(23-30-29-22-14-21(26(2,3)4)31-34(22)23)32-41(37)40-19-9-7-18(8-10-19)33-42(38,39)20-12-16(24(35)27-5)11-17(13-20)25(36)28-6/h7-15,31-33H,1-6H3,(H,27,35)(H,28,36). The van der Waals surface area contributed by atoms with Gasteiger partial charge < -0.3 is 14.8 Å². The fraction of sp³-hybridized carbons (Fsp3) is 0.308. The first-order valence-electron chi connectivity index (χ1n) is 12.7. The van der Waals surface area contributed by atoms with Crippen molar-refractivity contribution >= 4 is 44.4 Å². The molecule has 2 atom stereocenters. The zero-order valence-electron chi connectivity index (χ0n) is 23.8. The maximum absolute atomic E-state index is 13.1. The van der Waals surface area contributed by atoms with E-state index < -0.39 is 39.1 Å². The lowest BCUT2D eigenvalue weighted by atomic mass is 9.93. The summed E-state index contributed by atoms with van der Waals surface area (Å²) in [7, 11) is -1.40. The van der Waals surface area contributed by atoms with Gasteiger partial charge in [0.05, 0.1) is 10.9 Å². The van der Waals surface area contributed by atoms with Gasteiger partial charge in [0.2, 0.25) is 0 Å². The zero-order chi connectivity index (χ0) is 30.8. The van der Waals surface area contributed by atoms with Crippen LogP contribution in [0.1, 0.15) is 66.0 Å². The quantitative estimate of drug-likeness (QED) is 0.179. The van der Waals surface area contributed by atoms with Crippen molar-refractivity contribution in [3.8, 4) is 5.75 Å². The first kappa shape index (κ1) is 30.7. The van der Waals surface area contributed by atoms with Crippen LogP contribution < -0.4 is 24.3 Å². The monoisotopic (exact) mass is 616 g/mol. The topological polar surface area (TPSA) is 189 Å². The highest BCUT2D eigenvalue weighted by Gasteiger charge is 2.23. The van der Waals surface area contributed by atoms with Gasteiger partial charge in [-0.3, -0.25) is 19.4 Å². The summed E-state index contributed by atoms with van der Waals surface area (Å²) < 4.78 is 51.3. The molecular weight excluding hydrogens is 584 g/mol. The molecule has 0 aliphatic heterocycles. The molecule has 2 aromatic heterocycles. The molecule has 4 rings (SSSR count). The van der Waals surface area contributed by atoms with E-state index >= 15 is 0 Å². The molecular formula is C26H32N8O6S2. The average molecular weight is 617 g/mol. The van der Waals surface area contributed by atoms with Crippen LogP contribution in [0.3, 0.4) is 0 Å². The summed E-state index contributed by atoms with van der Waals surface area (Å²) in [5, 5.41) is 16.4. The minimum Gasteiger partial charge on any atom is -0.389 e. The number of hydrogen-bond donors (Lipinski definition) is 5. The number of nitrogens with zero attached hydrogens (tertiary/aromatic N) is 3. The van der Waals surface area contributed by atoms with Crippen LogP contribution in [-0.4, -0.2) is 58.3 Å². The van der Waals surface area contributed by atoms with E-state index in [1.54, 1.807) is 11.4 Å². The number of sulfonamides is 1. The fourth-order valence-corrected chi connectivity index (χ4v) is 5.73. The number of rotatable bonds is 10. The molecule has 14 nitrogen and oxygen atoms in total. The number of amides is 2. The van der Waals surface area contributed by atoms with E-state index in [4.69, 9.17) is 4.18 Å². The number of hydrogen-bond acceptors (Lipinski definition) is 8. The van der Waals surface area contributed by atoms with Crippen LogP contribution in [0.25, 0.3) is 5.65 Å². The molecule has 2 heterocycles. The molecule has 0 saturated carbocycles. The minimum atomic E-state index is -4.19. The van der Waals surface area contributed by atoms with Gasteiger partial charge in [-0.2, -0.15) is 8.93 Å². The number of benzene rings is 2. The van der Waals surface area contributed by atoms with E-state index in [1.807, 2.05) is 6.07 Å². The maximum atomic E-state index is 13.1. The molecule has 0 radical (unpaired) electrons. The molecule has 0 aliphatic rings. The molecule has 0 fully saturated rings. The molecule has 0 aliphatic carbocycles. The lowest BCUT2D eigenvalue weighted by Crippen LogP contribution is -2.26. The molecule has 2 unspecified atom stereocenters.